The Morgan fingerprint density at radius 2 is 0.653 bits per heavy atom. The molecule has 0 aromatic rings. The smallest absolute Gasteiger partial charge is 0.305 e. The molecule has 0 saturated heterocycles. The van der Waals surface area contributed by atoms with Crippen LogP contribution < -0.4 is 5.32 Å². The van der Waals surface area contributed by atoms with Crippen molar-refractivity contribution in [3.8, 4) is 0 Å². The number of amides is 1. The van der Waals surface area contributed by atoms with Crippen LogP contribution in [0.2, 0.25) is 0 Å². The molecule has 0 heterocycles. The molecule has 0 aliphatic carbocycles. The molecule has 0 aliphatic heterocycles. The van der Waals surface area contributed by atoms with Crippen molar-refractivity contribution in [2.45, 2.75) is 386 Å². The van der Waals surface area contributed by atoms with E-state index in [4.69, 9.17) is 4.74 Å². The Kier molecular flexibility index (Phi) is 60.9. The van der Waals surface area contributed by atoms with Crippen LogP contribution in [0.3, 0.4) is 0 Å². The summed E-state index contributed by atoms with van der Waals surface area (Å²) in [5.41, 5.74) is 0. The third kappa shape index (κ3) is 57.9. The lowest BCUT2D eigenvalue weighted by molar-refractivity contribution is -0.143. The molecular weight excluding hydrogens is 887 g/mol. The van der Waals surface area contributed by atoms with Gasteiger partial charge in [-0.25, -0.2) is 0 Å². The average Bonchev–Trinajstić information content (AvgIpc) is 3.38. The van der Waals surface area contributed by atoms with Crippen LogP contribution in [0.15, 0.2) is 12.2 Å². The Balaban J connectivity index is 3.38. The highest BCUT2D eigenvalue weighted by Gasteiger charge is 2.20. The number of rotatable bonds is 62. The molecule has 0 aromatic heterocycles. The molecule has 428 valence electrons. The maximum atomic E-state index is 12.5. The van der Waals surface area contributed by atoms with Crippen LogP contribution in [0.4, 0.5) is 0 Å². The number of ether oxygens (including phenoxy) is 1. The topological polar surface area (TPSA) is 95.9 Å². The van der Waals surface area contributed by atoms with Crippen LogP contribution in [0.25, 0.3) is 0 Å². The lowest BCUT2D eigenvalue weighted by atomic mass is 10.0. The largest absolute Gasteiger partial charge is 0.466 e. The number of unbranched alkanes of at least 4 members (excludes halogenated alkanes) is 49. The van der Waals surface area contributed by atoms with Crippen molar-refractivity contribution in [3.05, 3.63) is 12.2 Å². The zero-order valence-electron chi connectivity index (χ0n) is 48.9. The van der Waals surface area contributed by atoms with Gasteiger partial charge in [-0.3, -0.25) is 9.59 Å². The third-order valence-corrected chi connectivity index (χ3v) is 15.6. The van der Waals surface area contributed by atoms with E-state index in [1.807, 2.05) is 0 Å². The summed E-state index contributed by atoms with van der Waals surface area (Å²) in [5.74, 6) is -0.0266. The summed E-state index contributed by atoms with van der Waals surface area (Å²) >= 11 is 0. The highest BCUT2D eigenvalue weighted by Crippen LogP contribution is 2.19. The summed E-state index contributed by atoms with van der Waals surface area (Å²) in [5, 5.41) is 23.4. The Morgan fingerprint density at radius 1 is 0.375 bits per heavy atom. The molecule has 6 nitrogen and oxygen atoms in total. The predicted molar refractivity (Wildman–Crippen MR) is 315 cm³/mol. The third-order valence-electron chi connectivity index (χ3n) is 15.6. The first-order valence-electron chi connectivity index (χ1n) is 32.9. The van der Waals surface area contributed by atoms with E-state index in [-0.39, 0.29) is 18.5 Å². The molecule has 72 heavy (non-hydrogen) atoms. The standard InChI is InChI=1S/C66H129NO5/c1-3-5-7-9-11-13-15-17-19-21-27-30-34-38-42-46-50-54-58-64(69)63(62-68)67-65(70)59-55-51-47-43-39-35-31-28-25-23-22-24-26-29-33-37-41-45-49-53-57-61-72-66(71)60-56-52-48-44-40-36-32-20-18-16-14-12-10-8-6-4-2/h20,32,63-64,68-69H,3-19,21-31,33-62H2,1-2H3,(H,67,70)/b32-20-. The zero-order chi connectivity index (χ0) is 52.2. The molecule has 6 heteroatoms. The van der Waals surface area contributed by atoms with Crippen LogP contribution in [-0.4, -0.2) is 47.4 Å². The minimum absolute atomic E-state index is 0.00568. The number of esters is 1. The summed E-state index contributed by atoms with van der Waals surface area (Å²) < 4.78 is 5.49. The van der Waals surface area contributed by atoms with Crippen molar-refractivity contribution in [1.29, 1.82) is 0 Å². The molecule has 0 spiro atoms. The molecule has 0 rings (SSSR count). The van der Waals surface area contributed by atoms with E-state index < -0.39 is 12.1 Å². The maximum Gasteiger partial charge on any atom is 0.305 e. The van der Waals surface area contributed by atoms with Crippen molar-refractivity contribution >= 4 is 11.9 Å². The van der Waals surface area contributed by atoms with Gasteiger partial charge in [0, 0.05) is 12.8 Å². The summed E-state index contributed by atoms with van der Waals surface area (Å²) in [6, 6.07) is -0.542. The molecule has 0 aliphatic rings. The number of carbonyl (C=O) groups excluding carboxylic acids is 2. The lowest BCUT2D eigenvalue weighted by Crippen LogP contribution is -2.45. The number of carbonyl (C=O) groups is 2. The maximum absolute atomic E-state index is 12.5. The van der Waals surface area contributed by atoms with Gasteiger partial charge in [0.15, 0.2) is 0 Å². The van der Waals surface area contributed by atoms with Gasteiger partial charge in [-0.1, -0.05) is 321 Å². The van der Waals surface area contributed by atoms with Crippen molar-refractivity contribution in [1.82, 2.24) is 5.32 Å². The second-order valence-corrected chi connectivity index (χ2v) is 22.8. The van der Waals surface area contributed by atoms with E-state index >= 15 is 0 Å². The molecule has 3 N–H and O–H groups in total. The number of hydrogen-bond donors (Lipinski definition) is 3. The van der Waals surface area contributed by atoms with E-state index in [0.29, 0.717) is 25.9 Å². The van der Waals surface area contributed by atoms with E-state index in [9.17, 15) is 19.8 Å². The van der Waals surface area contributed by atoms with Gasteiger partial charge in [0.25, 0.3) is 0 Å². The van der Waals surface area contributed by atoms with Crippen molar-refractivity contribution in [2.24, 2.45) is 0 Å². The van der Waals surface area contributed by atoms with Gasteiger partial charge >= 0.3 is 5.97 Å². The number of aliphatic hydroxyl groups is 2. The van der Waals surface area contributed by atoms with Gasteiger partial charge in [0.05, 0.1) is 25.4 Å². The van der Waals surface area contributed by atoms with Gasteiger partial charge in [0.1, 0.15) is 0 Å². The average molecular weight is 1020 g/mol. The molecule has 0 fully saturated rings. The zero-order valence-corrected chi connectivity index (χ0v) is 48.9. The predicted octanol–water partition coefficient (Wildman–Crippen LogP) is 20.8. The molecule has 0 aromatic carbocycles. The normalized spacial score (nSPS) is 12.6. The van der Waals surface area contributed by atoms with Crippen LogP contribution >= 0.6 is 0 Å². The number of hydrogen-bond acceptors (Lipinski definition) is 5. The van der Waals surface area contributed by atoms with E-state index in [0.717, 1.165) is 44.9 Å². The monoisotopic (exact) mass is 1020 g/mol. The first-order chi connectivity index (χ1) is 35.5. The van der Waals surface area contributed by atoms with Crippen molar-refractivity contribution < 1.29 is 24.5 Å². The second kappa shape index (κ2) is 62.1. The minimum Gasteiger partial charge on any atom is -0.466 e. The number of aliphatic hydroxyl groups excluding tert-OH is 2. The van der Waals surface area contributed by atoms with Gasteiger partial charge in [-0.15, -0.1) is 0 Å². The molecule has 0 saturated carbocycles. The fraction of sp³-hybridized carbons (Fsp3) is 0.939. The highest BCUT2D eigenvalue weighted by molar-refractivity contribution is 5.76. The van der Waals surface area contributed by atoms with Gasteiger partial charge in [-0.05, 0) is 51.4 Å². The van der Waals surface area contributed by atoms with Crippen LogP contribution in [-0.2, 0) is 14.3 Å². The van der Waals surface area contributed by atoms with Crippen molar-refractivity contribution in [2.75, 3.05) is 13.2 Å². The van der Waals surface area contributed by atoms with Crippen LogP contribution in [0.5, 0.6) is 0 Å². The summed E-state index contributed by atoms with van der Waals surface area (Å²) in [4.78, 5) is 24.6. The minimum atomic E-state index is -0.665. The molecule has 2 unspecified atom stereocenters. The Hall–Kier alpha value is -1.40. The first kappa shape index (κ1) is 70.6. The van der Waals surface area contributed by atoms with E-state index in [1.54, 1.807) is 0 Å². The molecular formula is C66H129NO5. The second-order valence-electron chi connectivity index (χ2n) is 22.8. The molecule has 2 atom stereocenters. The Bertz CT molecular complexity index is 1080. The lowest BCUT2D eigenvalue weighted by Gasteiger charge is -2.22. The van der Waals surface area contributed by atoms with E-state index in [1.165, 1.54) is 295 Å². The summed E-state index contributed by atoms with van der Waals surface area (Å²) in [6.45, 7) is 4.98. The first-order valence-corrected chi connectivity index (χ1v) is 32.9. The van der Waals surface area contributed by atoms with Gasteiger partial charge < -0.3 is 20.3 Å². The fourth-order valence-corrected chi connectivity index (χ4v) is 10.5. The van der Waals surface area contributed by atoms with Gasteiger partial charge in [0.2, 0.25) is 5.91 Å². The van der Waals surface area contributed by atoms with Crippen LogP contribution in [0, 0.1) is 0 Å². The quantitative estimate of drug-likeness (QED) is 0.0320. The van der Waals surface area contributed by atoms with Crippen molar-refractivity contribution in [3.63, 3.8) is 0 Å². The SMILES string of the molecule is CCCCCCCCC/C=C\CCCCCCCC(=O)OCCCCCCCCCCCCCCCCCCCCCCCC(=O)NC(CO)C(O)CCCCCCCCCCCCCCCCCCCC. The number of nitrogens with one attached hydrogen (secondary N) is 1. The summed E-state index contributed by atoms with van der Waals surface area (Å²) in [7, 11) is 0. The Labute approximate surface area is 450 Å². The summed E-state index contributed by atoms with van der Waals surface area (Å²) in [6.07, 6.45) is 75.1. The molecule has 0 bridgehead atoms. The fourth-order valence-electron chi connectivity index (χ4n) is 10.5. The molecule has 1 amide bonds. The number of allylic oxidation sites excluding steroid dienone is 2. The van der Waals surface area contributed by atoms with Crippen LogP contribution in [0.1, 0.15) is 373 Å². The molecule has 0 radical (unpaired) electrons. The Morgan fingerprint density at radius 3 is 0.986 bits per heavy atom. The van der Waals surface area contributed by atoms with Gasteiger partial charge in [-0.2, -0.15) is 0 Å². The highest BCUT2D eigenvalue weighted by atomic mass is 16.5. The van der Waals surface area contributed by atoms with E-state index in [2.05, 4.69) is 31.3 Å².